The van der Waals surface area contributed by atoms with E-state index < -0.39 is 51.2 Å². The van der Waals surface area contributed by atoms with Crippen molar-refractivity contribution in [2.24, 2.45) is 0 Å². The van der Waals surface area contributed by atoms with Gasteiger partial charge < -0.3 is 10.1 Å². The van der Waals surface area contributed by atoms with Crippen LogP contribution in [0, 0.1) is 18.6 Å². The second kappa shape index (κ2) is 11.8. The molecule has 0 spiro atoms. The summed E-state index contributed by atoms with van der Waals surface area (Å²) in [4.78, 5) is 38.1. The van der Waals surface area contributed by atoms with Crippen molar-refractivity contribution in [3.8, 4) is 0 Å². The van der Waals surface area contributed by atoms with Crippen LogP contribution >= 0.6 is 11.3 Å². The second-order valence-electron chi connectivity index (χ2n) is 8.18. The fraction of sp³-hybridized carbons (Fsp3) is 0.240. The summed E-state index contributed by atoms with van der Waals surface area (Å²) in [5, 5.41) is 2.58. The molecule has 3 rings (SSSR count). The number of hydrogen-bond donors (Lipinski definition) is 1. The first kappa shape index (κ1) is 28.9. The summed E-state index contributed by atoms with van der Waals surface area (Å²) >= 11 is 0.753. The Morgan fingerprint density at radius 3 is 2.42 bits per heavy atom. The number of aromatic nitrogens is 1. The first-order valence-corrected chi connectivity index (χ1v) is 13.5. The van der Waals surface area contributed by atoms with Crippen LogP contribution in [0.15, 0.2) is 46.1 Å². The molecule has 38 heavy (non-hydrogen) atoms. The maximum absolute atomic E-state index is 14.2. The lowest BCUT2D eigenvalue weighted by molar-refractivity contribution is -0.135. The highest BCUT2D eigenvalue weighted by Crippen LogP contribution is 2.22. The van der Waals surface area contributed by atoms with Gasteiger partial charge in [0.1, 0.15) is 22.8 Å². The molecule has 2 aromatic carbocycles. The molecule has 0 aliphatic rings. The van der Waals surface area contributed by atoms with Crippen LogP contribution in [0.1, 0.15) is 18.1 Å². The van der Waals surface area contributed by atoms with Gasteiger partial charge in [0, 0.05) is 25.3 Å². The summed E-state index contributed by atoms with van der Waals surface area (Å²) in [5.74, 6) is -3.25. The first-order valence-electron chi connectivity index (χ1n) is 11.2. The predicted octanol–water partition coefficient (Wildman–Crippen LogP) is 1.56. The van der Waals surface area contributed by atoms with E-state index >= 15 is 0 Å². The molecule has 13 heteroatoms. The highest BCUT2D eigenvalue weighted by atomic mass is 32.2. The van der Waals surface area contributed by atoms with Gasteiger partial charge in [-0.1, -0.05) is 12.1 Å². The molecule has 0 bridgehead atoms. The van der Waals surface area contributed by atoms with Gasteiger partial charge in [-0.15, -0.1) is 11.3 Å². The highest BCUT2D eigenvalue weighted by Gasteiger charge is 2.19. The molecule has 1 N–H and O–H groups in total. The van der Waals surface area contributed by atoms with Gasteiger partial charge in [0.25, 0.3) is 5.56 Å². The Morgan fingerprint density at radius 2 is 1.82 bits per heavy atom. The minimum absolute atomic E-state index is 0.0206. The van der Waals surface area contributed by atoms with Crippen LogP contribution in [0.2, 0.25) is 0 Å². The lowest BCUT2D eigenvalue weighted by Gasteiger charge is -2.14. The SMILES string of the molecule is CCOC(=O)/C=c1\s/c(=C\c2c(F)cccc2F)c(=O)n1CC(=O)Nc1cc(S(=O)(=O)N(C)C)ccc1C. The van der Waals surface area contributed by atoms with Crippen LogP contribution in [0.5, 0.6) is 0 Å². The topological polar surface area (TPSA) is 115 Å². The van der Waals surface area contributed by atoms with Gasteiger partial charge in [-0.05, 0) is 49.8 Å². The molecular formula is C25H25F2N3O6S2. The van der Waals surface area contributed by atoms with Crippen molar-refractivity contribution in [1.82, 2.24) is 8.87 Å². The summed E-state index contributed by atoms with van der Waals surface area (Å²) in [6.07, 6.45) is 2.02. The highest BCUT2D eigenvalue weighted by molar-refractivity contribution is 7.89. The van der Waals surface area contributed by atoms with Gasteiger partial charge in [-0.3, -0.25) is 14.2 Å². The zero-order valence-corrected chi connectivity index (χ0v) is 22.6. The van der Waals surface area contributed by atoms with Crippen molar-refractivity contribution in [3.63, 3.8) is 0 Å². The third-order valence-electron chi connectivity index (χ3n) is 5.30. The number of esters is 1. The van der Waals surface area contributed by atoms with Crippen LogP contribution in [-0.2, 0) is 30.9 Å². The number of amides is 1. The third-order valence-corrected chi connectivity index (χ3v) is 8.17. The molecule has 0 unspecified atom stereocenters. The van der Waals surface area contributed by atoms with Crippen molar-refractivity contribution in [2.75, 3.05) is 26.0 Å². The summed E-state index contributed by atoms with van der Waals surface area (Å²) in [5.41, 5.74) is -0.433. The summed E-state index contributed by atoms with van der Waals surface area (Å²) < 4.78 is 60.1. The van der Waals surface area contributed by atoms with Crippen molar-refractivity contribution >= 4 is 51.1 Å². The maximum atomic E-state index is 14.2. The standard InChI is InChI=1S/C25H25F2N3O6S2/c1-5-36-24(32)13-23-30(25(33)21(37-23)12-17-18(26)7-6-8-19(17)27)14-22(31)28-20-11-16(10-9-15(20)2)38(34,35)29(3)4/h6-13H,5,14H2,1-4H3,(H,28,31)/b21-12-,23-13-. The number of carbonyl (C=O) groups excluding carboxylic acids is 2. The average molecular weight is 566 g/mol. The Balaban J connectivity index is 2.05. The molecule has 0 fully saturated rings. The Morgan fingerprint density at radius 1 is 1.16 bits per heavy atom. The molecule has 0 radical (unpaired) electrons. The molecule has 0 saturated carbocycles. The van der Waals surface area contributed by atoms with Crippen molar-refractivity contribution in [1.29, 1.82) is 0 Å². The van der Waals surface area contributed by atoms with Crippen LogP contribution < -0.4 is 20.1 Å². The number of nitrogens with zero attached hydrogens (tertiary/aromatic N) is 2. The lowest BCUT2D eigenvalue weighted by Crippen LogP contribution is -2.36. The largest absolute Gasteiger partial charge is 0.463 e. The third kappa shape index (κ3) is 6.41. The smallest absolute Gasteiger partial charge is 0.333 e. The number of anilines is 1. The van der Waals surface area contributed by atoms with Crippen LogP contribution in [-0.4, -0.2) is 49.9 Å². The van der Waals surface area contributed by atoms with Gasteiger partial charge in [0.05, 0.1) is 22.1 Å². The monoisotopic (exact) mass is 565 g/mol. The number of rotatable bonds is 8. The fourth-order valence-electron chi connectivity index (χ4n) is 3.30. The van der Waals surface area contributed by atoms with E-state index in [1.807, 2.05) is 0 Å². The Hall–Kier alpha value is -3.68. The zero-order valence-electron chi connectivity index (χ0n) is 20.9. The van der Waals surface area contributed by atoms with E-state index in [1.165, 1.54) is 38.4 Å². The number of hydrogen-bond acceptors (Lipinski definition) is 7. The predicted molar refractivity (Wildman–Crippen MR) is 140 cm³/mol. The van der Waals surface area contributed by atoms with E-state index in [4.69, 9.17) is 4.74 Å². The van der Waals surface area contributed by atoms with Gasteiger partial charge in [0.15, 0.2) is 0 Å². The summed E-state index contributed by atoms with van der Waals surface area (Å²) in [6, 6.07) is 7.48. The molecule has 1 heterocycles. The van der Waals surface area contributed by atoms with Crippen LogP contribution in [0.25, 0.3) is 12.2 Å². The molecule has 202 valence electrons. The number of thiazole rings is 1. The molecule has 0 atom stereocenters. The number of sulfonamides is 1. The number of benzene rings is 2. The van der Waals surface area contributed by atoms with E-state index in [0.717, 1.165) is 44.5 Å². The number of ether oxygens (including phenoxy) is 1. The molecule has 0 aliphatic carbocycles. The average Bonchev–Trinajstić information content (AvgIpc) is 3.11. The normalized spacial score (nSPS) is 12.7. The van der Waals surface area contributed by atoms with E-state index in [-0.39, 0.29) is 26.4 Å². The number of aryl methyl sites for hydroxylation is 1. The number of nitrogens with one attached hydrogen (secondary N) is 1. The van der Waals surface area contributed by atoms with Crippen molar-refractivity contribution in [2.45, 2.75) is 25.3 Å². The Labute approximate surface area is 221 Å². The van der Waals surface area contributed by atoms with Gasteiger partial charge in [0.2, 0.25) is 15.9 Å². The van der Waals surface area contributed by atoms with Crippen molar-refractivity contribution < 1.29 is 31.5 Å². The number of carbonyl (C=O) groups is 2. The molecular weight excluding hydrogens is 540 g/mol. The van der Waals surface area contributed by atoms with E-state index in [9.17, 15) is 31.6 Å². The molecule has 1 amide bonds. The minimum atomic E-state index is -3.77. The maximum Gasteiger partial charge on any atom is 0.333 e. The second-order valence-corrected chi connectivity index (χ2v) is 11.4. The van der Waals surface area contributed by atoms with E-state index in [0.29, 0.717) is 5.56 Å². The molecule has 0 saturated heterocycles. The minimum Gasteiger partial charge on any atom is -0.463 e. The van der Waals surface area contributed by atoms with Gasteiger partial charge in [-0.2, -0.15) is 0 Å². The lowest BCUT2D eigenvalue weighted by atomic mass is 10.2. The quantitative estimate of drug-likeness (QED) is 0.415. The summed E-state index contributed by atoms with van der Waals surface area (Å²) in [7, 11) is -1.02. The fourth-order valence-corrected chi connectivity index (χ4v) is 5.24. The van der Waals surface area contributed by atoms with Gasteiger partial charge >= 0.3 is 5.97 Å². The van der Waals surface area contributed by atoms with Crippen LogP contribution in [0.3, 0.4) is 0 Å². The Bertz CT molecular complexity index is 1660. The van der Waals surface area contributed by atoms with Crippen LogP contribution in [0.4, 0.5) is 14.5 Å². The van der Waals surface area contributed by atoms with E-state index in [1.54, 1.807) is 13.8 Å². The number of halogens is 2. The molecule has 9 nitrogen and oxygen atoms in total. The molecule has 1 aromatic heterocycles. The first-order chi connectivity index (χ1) is 17.8. The molecule has 3 aromatic rings. The van der Waals surface area contributed by atoms with E-state index in [2.05, 4.69) is 5.32 Å². The van der Waals surface area contributed by atoms with Crippen molar-refractivity contribution in [3.05, 3.63) is 78.7 Å². The summed E-state index contributed by atoms with van der Waals surface area (Å²) in [6.45, 7) is 2.75. The molecule has 0 aliphatic heterocycles. The van der Waals surface area contributed by atoms with Gasteiger partial charge in [-0.25, -0.2) is 26.3 Å². The zero-order chi connectivity index (χ0) is 28.2. The Kier molecular flexibility index (Phi) is 8.97.